The van der Waals surface area contributed by atoms with E-state index >= 15 is 0 Å². The maximum absolute atomic E-state index is 11.1. The van der Waals surface area contributed by atoms with Crippen LogP contribution in [0.15, 0.2) is 30.5 Å². The first-order chi connectivity index (χ1) is 10.5. The van der Waals surface area contributed by atoms with Gasteiger partial charge in [0.25, 0.3) is 0 Å². The van der Waals surface area contributed by atoms with E-state index in [0.717, 1.165) is 22.5 Å². The van der Waals surface area contributed by atoms with Crippen LogP contribution in [-0.4, -0.2) is 31.9 Å². The number of hydrogen-bond acceptors (Lipinski definition) is 3. The second-order valence-electron chi connectivity index (χ2n) is 5.56. The SMILES string of the molecule is O=C(O)Cc1ccc(-n2cc3c(n2)CCC(C(=O)O)C3)cc1. The molecule has 0 saturated carbocycles. The third-order valence-corrected chi connectivity index (χ3v) is 3.98. The number of aryl methyl sites for hydroxylation is 1. The van der Waals surface area contributed by atoms with Gasteiger partial charge < -0.3 is 10.2 Å². The van der Waals surface area contributed by atoms with Crippen molar-refractivity contribution in [3.63, 3.8) is 0 Å². The van der Waals surface area contributed by atoms with Gasteiger partial charge >= 0.3 is 11.9 Å². The highest BCUT2D eigenvalue weighted by Gasteiger charge is 2.26. The Hall–Kier alpha value is -2.63. The number of rotatable bonds is 4. The van der Waals surface area contributed by atoms with Crippen molar-refractivity contribution >= 4 is 11.9 Å². The Morgan fingerprint density at radius 1 is 1.23 bits per heavy atom. The van der Waals surface area contributed by atoms with Crippen molar-refractivity contribution in [1.29, 1.82) is 0 Å². The largest absolute Gasteiger partial charge is 0.481 e. The van der Waals surface area contributed by atoms with Crippen LogP contribution in [0.3, 0.4) is 0 Å². The van der Waals surface area contributed by atoms with Crippen molar-refractivity contribution in [3.8, 4) is 5.69 Å². The minimum Gasteiger partial charge on any atom is -0.481 e. The highest BCUT2D eigenvalue weighted by atomic mass is 16.4. The van der Waals surface area contributed by atoms with Crippen molar-refractivity contribution < 1.29 is 19.8 Å². The monoisotopic (exact) mass is 300 g/mol. The smallest absolute Gasteiger partial charge is 0.307 e. The van der Waals surface area contributed by atoms with E-state index in [2.05, 4.69) is 5.10 Å². The standard InChI is InChI=1S/C16H16N2O4/c19-15(20)7-10-1-4-13(5-2-10)18-9-12-8-11(16(21)22)3-6-14(12)17-18/h1-2,4-5,9,11H,3,6-8H2,(H,19,20)(H,21,22). The number of aliphatic carboxylic acids is 2. The fourth-order valence-corrected chi connectivity index (χ4v) is 2.79. The Morgan fingerprint density at radius 2 is 1.95 bits per heavy atom. The van der Waals surface area contributed by atoms with E-state index in [1.165, 1.54) is 0 Å². The van der Waals surface area contributed by atoms with Crippen LogP contribution in [0.1, 0.15) is 23.2 Å². The number of fused-ring (bicyclic) bond motifs is 1. The van der Waals surface area contributed by atoms with Gasteiger partial charge in [-0.25, -0.2) is 4.68 Å². The molecule has 1 aliphatic rings. The third kappa shape index (κ3) is 2.86. The quantitative estimate of drug-likeness (QED) is 0.896. The summed E-state index contributed by atoms with van der Waals surface area (Å²) in [7, 11) is 0. The number of nitrogens with zero attached hydrogens (tertiary/aromatic N) is 2. The molecule has 1 unspecified atom stereocenters. The van der Waals surface area contributed by atoms with Gasteiger partial charge in [0.1, 0.15) is 0 Å². The van der Waals surface area contributed by atoms with Gasteiger partial charge in [0.05, 0.1) is 23.7 Å². The molecular formula is C16H16N2O4. The minimum atomic E-state index is -0.859. The topological polar surface area (TPSA) is 92.4 Å². The summed E-state index contributed by atoms with van der Waals surface area (Å²) >= 11 is 0. The van der Waals surface area contributed by atoms with Crippen LogP contribution in [0.5, 0.6) is 0 Å². The number of carboxylic acid groups (broad SMARTS) is 2. The molecule has 6 nitrogen and oxygen atoms in total. The summed E-state index contributed by atoms with van der Waals surface area (Å²) in [6, 6.07) is 7.19. The van der Waals surface area contributed by atoms with Crippen molar-refractivity contribution in [3.05, 3.63) is 47.3 Å². The second kappa shape index (κ2) is 5.63. The molecule has 1 aliphatic carbocycles. The normalized spacial score (nSPS) is 17.0. The number of benzene rings is 1. The van der Waals surface area contributed by atoms with Gasteiger partial charge in [-0.15, -0.1) is 0 Å². The molecule has 22 heavy (non-hydrogen) atoms. The Kier molecular flexibility index (Phi) is 3.66. The maximum atomic E-state index is 11.1. The first kappa shape index (κ1) is 14.3. The van der Waals surface area contributed by atoms with Crippen LogP contribution in [0.25, 0.3) is 5.69 Å². The lowest BCUT2D eigenvalue weighted by atomic mass is 9.88. The molecule has 0 radical (unpaired) electrons. The molecule has 1 aromatic heterocycles. The Morgan fingerprint density at radius 3 is 2.59 bits per heavy atom. The highest BCUT2D eigenvalue weighted by Crippen LogP contribution is 2.26. The molecule has 0 aliphatic heterocycles. The van der Waals surface area contributed by atoms with E-state index in [0.29, 0.717) is 19.3 Å². The molecule has 1 atom stereocenters. The number of carbonyl (C=O) groups is 2. The molecular weight excluding hydrogens is 284 g/mol. The Bertz CT molecular complexity index is 718. The van der Waals surface area contributed by atoms with Gasteiger partial charge in [-0.1, -0.05) is 12.1 Å². The average Bonchev–Trinajstić information content (AvgIpc) is 2.90. The summed E-state index contributed by atoms with van der Waals surface area (Å²) in [6.45, 7) is 0. The van der Waals surface area contributed by atoms with Gasteiger partial charge in [0.2, 0.25) is 0 Å². The molecule has 3 rings (SSSR count). The Labute approximate surface area is 127 Å². The molecule has 0 amide bonds. The summed E-state index contributed by atoms with van der Waals surface area (Å²) in [5, 5.41) is 22.4. The van der Waals surface area contributed by atoms with E-state index in [1.54, 1.807) is 16.8 Å². The van der Waals surface area contributed by atoms with Gasteiger partial charge in [0, 0.05) is 6.20 Å². The lowest BCUT2D eigenvalue weighted by Gasteiger charge is -2.16. The summed E-state index contributed by atoms with van der Waals surface area (Å²) in [6.07, 6.45) is 3.68. The van der Waals surface area contributed by atoms with Gasteiger partial charge in [-0.2, -0.15) is 5.10 Å². The van der Waals surface area contributed by atoms with Crippen LogP contribution in [0, 0.1) is 5.92 Å². The summed E-state index contributed by atoms with van der Waals surface area (Å²) in [5.41, 5.74) is 3.51. The van der Waals surface area contributed by atoms with Crippen molar-refractivity contribution in [2.24, 2.45) is 5.92 Å². The lowest BCUT2D eigenvalue weighted by molar-refractivity contribution is -0.142. The van der Waals surface area contributed by atoms with Crippen LogP contribution in [0.2, 0.25) is 0 Å². The van der Waals surface area contributed by atoms with Gasteiger partial charge in [-0.3, -0.25) is 9.59 Å². The molecule has 2 N–H and O–H groups in total. The third-order valence-electron chi connectivity index (χ3n) is 3.98. The molecule has 0 fully saturated rings. The van der Waals surface area contributed by atoms with Gasteiger partial charge in [-0.05, 0) is 42.5 Å². The van der Waals surface area contributed by atoms with E-state index in [9.17, 15) is 9.59 Å². The fraction of sp³-hybridized carbons (Fsp3) is 0.312. The maximum Gasteiger partial charge on any atom is 0.307 e. The summed E-state index contributed by atoms with van der Waals surface area (Å²) in [4.78, 5) is 21.8. The lowest BCUT2D eigenvalue weighted by Crippen LogP contribution is -2.21. The molecule has 6 heteroatoms. The molecule has 0 spiro atoms. The molecule has 1 heterocycles. The van der Waals surface area contributed by atoms with Crippen molar-refractivity contribution in [2.75, 3.05) is 0 Å². The van der Waals surface area contributed by atoms with E-state index in [-0.39, 0.29) is 12.3 Å². The fourth-order valence-electron chi connectivity index (χ4n) is 2.79. The van der Waals surface area contributed by atoms with E-state index < -0.39 is 11.9 Å². The van der Waals surface area contributed by atoms with Crippen molar-refractivity contribution in [1.82, 2.24) is 9.78 Å². The summed E-state index contributed by atoms with van der Waals surface area (Å²) < 4.78 is 1.74. The first-order valence-electron chi connectivity index (χ1n) is 7.14. The molecule has 2 aromatic rings. The zero-order valence-electron chi connectivity index (χ0n) is 11.9. The zero-order valence-corrected chi connectivity index (χ0v) is 11.9. The molecule has 0 bridgehead atoms. The van der Waals surface area contributed by atoms with Crippen molar-refractivity contribution in [2.45, 2.75) is 25.7 Å². The van der Waals surface area contributed by atoms with Crippen LogP contribution < -0.4 is 0 Å². The van der Waals surface area contributed by atoms with Crippen LogP contribution in [0.4, 0.5) is 0 Å². The summed E-state index contributed by atoms with van der Waals surface area (Å²) in [5.74, 6) is -1.94. The Balaban J connectivity index is 1.82. The molecule has 0 saturated heterocycles. The molecule has 1 aromatic carbocycles. The number of carboxylic acids is 2. The van der Waals surface area contributed by atoms with Crippen LogP contribution >= 0.6 is 0 Å². The predicted molar refractivity (Wildman–Crippen MR) is 78.1 cm³/mol. The predicted octanol–water partition coefficient (Wildman–Crippen LogP) is 1.69. The minimum absolute atomic E-state index is 0.00379. The van der Waals surface area contributed by atoms with Gasteiger partial charge in [0.15, 0.2) is 0 Å². The first-order valence-corrected chi connectivity index (χ1v) is 7.14. The average molecular weight is 300 g/mol. The number of aromatic nitrogens is 2. The van der Waals surface area contributed by atoms with E-state index in [1.807, 2.05) is 18.3 Å². The second-order valence-corrected chi connectivity index (χ2v) is 5.56. The highest BCUT2D eigenvalue weighted by molar-refractivity contribution is 5.71. The molecule has 114 valence electrons. The number of hydrogen-bond donors (Lipinski definition) is 2. The van der Waals surface area contributed by atoms with E-state index in [4.69, 9.17) is 10.2 Å². The van der Waals surface area contributed by atoms with Crippen LogP contribution in [-0.2, 0) is 28.9 Å². The zero-order chi connectivity index (χ0) is 15.7.